The maximum Gasteiger partial charge on any atom is 0.249 e. The molecule has 2 aromatic rings. The van der Waals surface area contributed by atoms with Crippen molar-refractivity contribution in [3.05, 3.63) is 42.1 Å². The Morgan fingerprint density at radius 2 is 2.00 bits per heavy atom. The second-order valence-electron chi connectivity index (χ2n) is 6.55. The number of benzene rings is 1. The van der Waals surface area contributed by atoms with Gasteiger partial charge >= 0.3 is 0 Å². The molecule has 1 aliphatic rings. The second kappa shape index (κ2) is 8.01. The van der Waals surface area contributed by atoms with Crippen molar-refractivity contribution in [2.45, 2.75) is 35.6 Å². The number of primary sulfonamides is 1. The van der Waals surface area contributed by atoms with Gasteiger partial charge in [-0.3, -0.25) is 0 Å². The number of rotatable bonds is 7. The van der Waals surface area contributed by atoms with Crippen molar-refractivity contribution in [3.63, 3.8) is 0 Å². The highest BCUT2D eigenvalue weighted by atomic mass is 32.2. The fourth-order valence-electron chi connectivity index (χ4n) is 3.14. The molecule has 26 heavy (non-hydrogen) atoms. The van der Waals surface area contributed by atoms with Gasteiger partial charge in [0.2, 0.25) is 10.0 Å². The van der Waals surface area contributed by atoms with Crippen molar-refractivity contribution < 1.29 is 13.2 Å². The molecule has 1 aliphatic heterocycles. The van der Waals surface area contributed by atoms with E-state index >= 15 is 0 Å². The van der Waals surface area contributed by atoms with Crippen LogP contribution in [0.25, 0.3) is 0 Å². The Hall–Kier alpha value is -1.52. The van der Waals surface area contributed by atoms with Crippen LogP contribution in [-0.4, -0.2) is 38.7 Å². The average Bonchev–Trinajstić information content (AvgIpc) is 3.11. The van der Waals surface area contributed by atoms with E-state index in [-0.39, 0.29) is 15.8 Å². The fourth-order valence-corrected chi connectivity index (χ4v) is 4.58. The van der Waals surface area contributed by atoms with Crippen molar-refractivity contribution in [2.24, 2.45) is 5.14 Å². The van der Waals surface area contributed by atoms with Gasteiger partial charge in [0.25, 0.3) is 0 Å². The minimum atomic E-state index is -3.72. The SMILES string of the molecule is CC(NC1(CNc2ncc(S(N)(=O)=O)s2)CCOCC1)c1ccccc1. The van der Waals surface area contributed by atoms with E-state index in [1.54, 1.807) is 0 Å². The van der Waals surface area contributed by atoms with Gasteiger partial charge in [0.15, 0.2) is 9.34 Å². The Morgan fingerprint density at radius 3 is 2.62 bits per heavy atom. The number of sulfonamides is 1. The Labute approximate surface area is 158 Å². The quantitative estimate of drug-likeness (QED) is 0.662. The summed E-state index contributed by atoms with van der Waals surface area (Å²) in [5.74, 6) is 0. The zero-order chi connectivity index (χ0) is 18.6. The molecule has 1 atom stereocenters. The van der Waals surface area contributed by atoms with Crippen molar-refractivity contribution in [3.8, 4) is 0 Å². The maximum absolute atomic E-state index is 11.4. The molecule has 1 aromatic carbocycles. The van der Waals surface area contributed by atoms with E-state index in [1.165, 1.54) is 11.8 Å². The maximum atomic E-state index is 11.4. The van der Waals surface area contributed by atoms with E-state index in [0.29, 0.717) is 24.9 Å². The molecule has 1 unspecified atom stereocenters. The third kappa shape index (κ3) is 4.80. The van der Waals surface area contributed by atoms with Crippen LogP contribution < -0.4 is 15.8 Å². The first-order chi connectivity index (χ1) is 12.4. The number of thiazole rings is 1. The largest absolute Gasteiger partial charge is 0.381 e. The Kier molecular flexibility index (Phi) is 5.93. The number of nitrogens with one attached hydrogen (secondary N) is 2. The molecule has 1 fully saturated rings. The molecule has 1 aromatic heterocycles. The average molecular weight is 397 g/mol. The van der Waals surface area contributed by atoms with Gasteiger partial charge in [0.1, 0.15) is 0 Å². The first kappa shape index (κ1) is 19.2. The summed E-state index contributed by atoms with van der Waals surface area (Å²) in [4.78, 5) is 4.12. The van der Waals surface area contributed by atoms with Crippen LogP contribution in [0.15, 0.2) is 40.7 Å². The summed E-state index contributed by atoms with van der Waals surface area (Å²) in [5, 5.41) is 12.7. The number of hydrogen-bond donors (Lipinski definition) is 3. The van der Waals surface area contributed by atoms with Crippen LogP contribution in [0.3, 0.4) is 0 Å². The second-order valence-corrected chi connectivity index (χ2v) is 9.37. The molecule has 1 saturated heterocycles. The number of anilines is 1. The van der Waals surface area contributed by atoms with Gasteiger partial charge in [-0.25, -0.2) is 18.5 Å². The highest BCUT2D eigenvalue weighted by molar-refractivity contribution is 7.91. The van der Waals surface area contributed by atoms with E-state index in [9.17, 15) is 8.42 Å². The van der Waals surface area contributed by atoms with Crippen LogP contribution in [0.4, 0.5) is 5.13 Å². The van der Waals surface area contributed by atoms with Gasteiger partial charge < -0.3 is 15.4 Å². The summed E-state index contributed by atoms with van der Waals surface area (Å²) in [6.07, 6.45) is 3.02. The van der Waals surface area contributed by atoms with Crippen LogP contribution in [-0.2, 0) is 14.8 Å². The van der Waals surface area contributed by atoms with Crippen LogP contribution in [0, 0.1) is 0 Å². The van der Waals surface area contributed by atoms with Crippen LogP contribution in [0.5, 0.6) is 0 Å². The third-order valence-electron chi connectivity index (χ3n) is 4.62. The Morgan fingerprint density at radius 1 is 1.31 bits per heavy atom. The fraction of sp³-hybridized carbons (Fsp3) is 0.471. The molecule has 0 radical (unpaired) electrons. The molecule has 9 heteroatoms. The molecule has 0 bridgehead atoms. The van der Waals surface area contributed by atoms with E-state index in [2.05, 4.69) is 34.7 Å². The van der Waals surface area contributed by atoms with Gasteiger partial charge in [0.05, 0.1) is 6.20 Å². The minimum absolute atomic E-state index is 0.0617. The molecule has 7 nitrogen and oxygen atoms in total. The Balaban J connectivity index is 1.70. The van der Waals surface area contributed by atoms with Crippen molar-refractivity contribution >= 4 is 26.5 Å². The lowest BCUT2D eigenvalue weighted by Crippen LogP contribution is -2.54. The van der Waals surface area contributed by atoms with Crippen LogP contribution in [0.2, 0.25) is 0 Å². The highest BCUT2D eigenvalue weighted by Gasteiger charge is 2.34. The molecule has 0 saturated carbocycles. The number of ether oxygens (including phenoxy) is 1. The van der Waals surface area contributed by atoms with E-state index in [0.717, 1.165) is 24.2 Å². The summed E-state index contributed by atoms with van der Waals surface area (Å²) >= 11 is 1.05. The molecule has 0 spiro atoms. The number of aromatic nitrogens is 1. The molecule has 142 valence electrons. The highest BCUT2D eigenvalue weighted by Crippen LogP contribution is 2.28. The standard InChI is InChI=1S/C17H24N4O3S2/c1-13(14-5-3-2-4-6-14)21-17(7-9-24-10-8-17)12-20-16-19-11-15(25-16)26(18,22)23/h2-6,11,13,21H,7-10,12H2,1H3,(H,19,20)(H2,18,22,23). The normalized spacial score (nSPS) is 18.4. The Bertz CT molecular complexity index is 818. The lowest BCUT2D eigenvalue weighted by Gasteiger charge is -2.40. The number of nitrogens with two attached hydrogens (primary N) is 1. The summed E-state index contributed by atoms with van der Waals surface area (Å²) < 4.78 is 28.4. The minimum Gasteiger partial charge on any atom is -0.381 e. The first-order valence-electron chi connectivity index (χ1n) is 8.51. The zero-order valence-corrected chi connectivity index (χ0v) is 16.3. The van der Waals surface area contributed by atoms with Crippen molar-refractivity contribution in [2.75, 3.05) is 25.1 Å². The van der Waals surface area contributed by atoms with Crippen molar-refractivity contribution in [1.82, 2.24) is 10.3 Å². The van der Waals surface area contributed by atoms with Crippen LogP contribution >= 0.6 is 11.3 Å². The summed E-state index contributed by atoms with van der Waals surface area (Å²) in [6.45, 7) is 4.16. The molecule has 2 heterocycles. The van der Waals surface area contributed by atoms with E-state index < -0.39 is 10.0 Å². The van der Waals surface area contributed by atoms with E-state index in [4.69, 9.17) is 9.88 Å². The molecule has 0 aliphatic carbocycles. The van der Waals surface area contributed by atoms with Gasteiger partial charge in [-0.15, -0.1) is 0 Å². The predicted octanol–water partition coefficient (Wildman–Crippen LogP) is 2.10. The summed E-state index contributed by atoms with van der Waals surface area (Å²) in [5.41, 5.74) is 1.07. The summed E-state index contributed by atoms with van der Waals surface area (Å²) in [7, 11) is -3.72. The van der Waals surface area contributed by atoms with Gasteiger partial charge in [0, 0.05) is 31.3 Å². The molecular weight excluding hydrogens is 372 g/mol. The summed E-state index contributed by atoms with van der Waals surface area (Å²) in [6, 6.07) is 10.5. The van der Waals surface area contributed by atoms with E-state index in [1.807, 2.05) is 18.2 Å². The first-order valence-corrected chi connectivity index (χ1v) is 10.9. The van der Waals surface area contributed by atoms with Crippen molar-refractivity contribution in [1.29, 1.82) is 0 Å². The molecular formula is C17H24N4O3S2. The zero-order valence-electron chi connectivity index (χ0n) is 14.6. The molecule has 3 rings (SSSR count). The number of hydrogen-bond acceptors (Lipinski definition) is 7. The third-order valence-corrected chi connectivity index (χ3v) is 6.98. The topological polar surface area (TPSA) is 106 Å². The molecule has 4 N–H and O–H groups in total. The lowest BCUT2D eigenvalue weighted by atomic mass is 9.88. The smallest absolute Gasteiger partial charge is 0.249 e. The van der Waals surface area contributed by atoms with Gasteiger partial charge in [-0.1, -0.05) is 41.7 Å². The predicted molar refractivity (Wildman–Crippen MR) is 103 cm³/mol. The van der Waals surface area contributed by atoms with Gasteiger partial charge in [-0.2, -0.15) is 0 Å². The monoisotopic (exact) mass is 396 g/mol. The molecule has 0 amide bonds. The van der Waals surface area contributed by atoms with Crippen LogP contribution in [0.1, 0.15) is 31.4 Å². The lowest BCUT2D eigenvalue weighted by molar-refractivity contribution is 0.0389. The number of nitrogens with zero attached hydrogens (tertiary/aromatic N) is 1. The van der Waals surface area contributed by atoms with Gasteiger partial charge in [-0.05, 0) is 25.3 Å².